The molecule has 0 aliphatic carbocycles. The summed E-state index contributed by atoms with van der Waals surface area (Å²) in [5, 5.41) is 3.33. The van der Waals surface area contributed by atoms with E-state index in [1.54, 1.807) is 11.5 Å². The van der Waals surface area contributed by atoms with Crippen LogP contribution in [0.4, 0.5) is 0 Å². The van der Waals surface area contributed by atoms with Gasteiger partial charge in [0.05, 0.1) is 0 Å². The van der Waals surface area contributed by atoms with E-state index in [0.29, 0.717) is 0 Å². The van der Waals surface area contributed by atoms with Crippen molar-refractivity contribution in [2.24, 2.45) is 0 Å². The Bertz CT molecular complexity index is 285. The molecule has 0 saturated heterocycles. The van der Waals surface area contributed by atoms with Crippen molar-refractivity contribution in [1.82, 2.24) is 9.69 Å². The fourth-order valence-electron chi connectivity index (χ4n) is 1.03. The molecule has 13 heavy (non-hydrogen) atoms. The Morgan fingerprint density at radius 2 is 2.54 bits per heavy atom. The zero-order valence-corrected chi connectivity index (χ0v) is 8.66. The van der Waals surface area contributed by atoms with Gasteiger partial charge in [-0.1, -0.05) is 0 Å². The van der Waals surface area contributed by atoms with Gasteiger partial charge in [0.25, 0.3) is 0 Å². The number of nitrogens with one attached hydrogen (secondary N) is 1. The Morgan fingerprint density at radius 1 is 1.69 bits per heavy atom. The minimum Gasteiger partial charge on any atom is -0.313 e. The second-order valence-corrected chi connectivity index (χ2v) is 3.90. The lowest BCUT2D eigenvalue weighted by atomic mass is 10.3. The Morgan fingerprint density at radius 3 is 3.15 bits per heavy atom. The molecule has 0 amide bonds. The molecular weight excluding hydrogens is 180 g/mol. The maximum Gasteiger partial charge on any atom is 0.0454 e. The van der Waals surface area contributed by atoms with E-state index < -0.39 is 0 Å². The summed E-state index contributed by atoms with van der Waals surface area (Å²) in [6.45, 7) is 3.99. The average molecular weight is 194 g/mol. The third-order valence-electron chi connectivity index (χ3n) is 1.84. The molecule has 0 spiro atoms. The summed E-state index contributed by atoms with van der Waals surface area (Å²) in [6, 6.07) is 0. The Balaban J connectivity index is 2.14. The summed E-state index contributed by atoms with van der Waals surface area (Å²) in [5.74, 6) is 2.62. The molecule has 70 valence electrons. The molecule has 2 nitrogen and oxygen atoms in total. The van der Waals surface area contributed by atoms with Crippen LogP contribution in [0.5, 0.6) is 0 Å². The molecule has 0 radical (unpaired) electrons. The fourth-order valence-corrected chi connectivity index (χ4v) is 1.61. The van der Waals surface area contributed by atoms with Gasteiger partial charge in [0.1, 0.15) is 0 Å². The third kappa shape index (κ3) is 3.58. The van der Waals surface area contributed by atoms with Crippen molar-refractivity contribution in [2.75, 3.05) is 6.54 Å². The molecule has 0 aromatic carbocycles. The molecule has 3 heteroatoms. The van der Waals surface area contributed by atoms with E-state index >= 15 is 0 Å². The number of hydrogen-bond acceptors (Lipinski definition) is 3. The van der Waals surface area contributed by atoms with Crippen molar-refractivity contribution >= 4 is 11.5 Å². The van der Waals surface area contributed by atoms with Gasteiger partial charge in [-0.05, 0) is 37.0 Å². The molecule has 0 bridgehead atoms. The number of aryl methyl sites for hydroxylation is 1. The van der Waals surface area contributed by atoms with Crippen molar-refractivity contribution in [3.63, 3.8) is 0 Å². The highest BCUT2D eigenvalue weighted by molar-refractivity contribution is 7.05. The monoisotopic (exact) mass is 194 g/mol. The highest BCUT2D eigenvalue weighted by atomic mass is 32.1. The number of hydrogen-bond donors (Lipinski definition) is 1. The first-order chi connectivity index (χ1) is 6.34. The van der Waals surface area contributed by atoms with E-state index in [9.17, 15) is 0 Å². The second-order valence-electron chi connectivity index (χ2n) is 2.89. The number of aromatic nitrogens is 1. The quantitative estimate of drug-likeness (QED) is 0.572. The van der Waals surface area contributed by atoms with Gasteiger partial charge >= 0.3 is 0 Å². The molecule has 0 unspecified atom stereocenters. The summed E-state index contributed by atoms with van der Waals surface area (Å²) in [5.41, 5.74) is 1.30. The predicted octanol–water partition coefficient (Wildman–Crippen LogP) is 1.95. The normalized spacial score (nSPS) is 9.85. The van der Waals surface area contributed by atoms with Gasteiger partial charge in [-0.25, -0.2) is 4.37 Å². The molecule has 0 atom stereocenters. The van der Waals surface area contributed by atoms with Gasteiger partial charge in [0, 0.05) is 24.0 Å². The molecule has 1 rings (SSSR count). The van der Waals surface area contributed by atoms with Gasteiger partial charge < -0.3 is 5.32 Å². The number of rotatable bonds is 5. The van der Waals surface area contributed by atoms with E-state index in [2.05, 4.69) is 22.5 Å². The Labute approximate surface area is 83.5 Å². The van der Waals surface area contributed by atoms with Gasteiger partial charge in [0.2, 0.25) is 0 Å². The van der Waals surface area contributed by atoms with E-state index in [4.69, 9.17) is 6.42 Å². The first-order valence-corrected chi connectivity index (χ1v) is 5.16. The molecule has 0 fully saturated rings. The van der Waals surface area contributed by atoms with Crippen LogP contribution in [-0.4, -0.2) is 10.9 Å². The number of unbranched alkanes of at least 4 members (excludes halogenated alkanes) is 1. The maximum absolute atomic E-state index is 5.14. The lowest BCUT2D eigenvalue weighted by Crippen LogP contribution is -2.14. The van der Waals surface area contributed by atoms with Crippen molar-refractivity contribution in [3.05, 3.63) is 16.6 Å². The largest absolute Gasteiger partial charge is 0.313 e. The summed E-state index contributed by atoms with van der Waals surface area (Å²) < 4.78 is 4.11. The van der Waals surface area contributed by atoms with E-state index in [1.165, 1.54) is 10.4 Å². The van der Waals surface area contributed by atoms with Crippen molar-refractivity contribution in [3.8, 4) is 12.3 Å². The molecule has 0 aliphatic heterocycles. The summed E-state index contributed by atoms with van der Waals surface area (Å²) >= 11 is 1.55. The molecular formula is C10H14N2S. The van der Waals surface area contributed by atoms with Crippen LogP contribution in [0.3, 0.4) is 0 Å². The molecule has 1 aromatic rings. The molecule has 1 heterocycles. The van der Waals surface area contributed by atoms with E-state index in [1.807, 2.05) is 6.20 Å². The van der Waals surface area contributed by atoms with Crippen molar-refractivity contribution in [1.29, 1.82) is 0 Å². The van der Waals surface area contributed by atoms with Crippen LogP contribution in [0.15, 0.2) is 6.20 Å². The summed E-state index contributed by atoms with van der Waals surface area (Å²) in [4.78, 5) is 1.30. The zero-order valence-electron chi connectivity index (χ0n) is 7.84. The minimum absolute atomic E-state index is 0.855. The van der Waals surface area contributed by atoms with Crippen molar-refractivity contribution in [2.45, 2.75) is 26.3 Å². The number of terminal acetylenes is 1. The highest BCUT2D eigenvalue weighted by Gasteiger charge is 1.98. The minimum atomic E-state index is 0.855. The van der Waals surface area contributed by atoms with Crippen LogP contribution >= 0.6 is 11.5 Å². The van der Waals surface area contributed by atoms with E-state index in [-0.39, 0.29) is 0 Å². The lowest BCUT2D eigenvalue weighted by molar-refractivity contribution is 0.658. The lowest BCUT2D eigenvalue weighted by Gasteiger charge is -2.01. The van der Waals surface area contributed by atoms with Crippen LogP contribution in [0.2, 0.25) is 0 Å². The average Bonchev–Trinajstić information content (AvgIpc) is 2.52. The van der Waals surface area contributed by atoms with E-state index in [0.717, 1.165) is 25.9 Å². The molecule has 0 saturated carbocycles. The first kappa shape index (κ1) is 10.2. The first-order valence-electron chi connectivity index (χ1n) is 4.39. The Hall–Kier alpha value is -0.850. The standard InChI is InChI=1S/C10H14N2S/c1-3-4-5-6-11-7-10-8-12-13-9(10)2/h1,8,11H,4-7H2,2H3. The molecule has 1 aromatic heterocycles. The smallest absolute Gasteiger partial charge is 0.0454 e. The van der Waals surface area contributed by atoms with Gasteiger partial charge in [-0.3, -0.25) is 0 Å². The van der Waals surface area contributed by atoms with Crippen molar-refractivity contribution < 1.29 is 0 Å². The summed E-state index contributed by atoms with van der Waals surface area (Å²) in [7, 11) is 0. The predicted molar refractivity (Wildman–Crippen MR) is 56.6 cm³/mol. The van der Waals surface area contributed by atoms with Gasteiger partial charge in [-0.15, -0.1) is 12.3 Å². The molecule has 0 aliphatic rings. The van der Waals surface area contributed by atoms with Crippen LogP contribution < -0.4 is 5.32 Å². The SMILES string of the molecule is C#CCCCNCc1cnsc1C. The Kier molecular flexibility index (Phi) is 4.52. The van der Waals surface area contributed by atoms with Crippen LogP contribution in [0, 0.1) is 19.3 Å². The van der Waals surface area contributed by atoms with Crippen LogP contribution in [-0.2, 0) is 6.54 Å². The number of nitrogens with zero attached hydrogens (tertiary/aromatic N) is 1. The second kappa shape index (κ2) is 5.74. The zero-order chi connectivity index (χ0) is 9.52. The van der Waals surface area contributed by atoms with Crippen LogP contribution in [0.25, 0.3) is 0 Å². The highest BCUT2D eigenvalue weighted by Crippen LogP contribution is 2.10. The topological polar surface area (TPSA) is 24.9 Å². The third-order valence-corrected chi connectivity index (χ3v) is 2.59. The summed E-state index contributed by atoms with van der Waals surface area (Å²) in [6.07, 6.45) is 8.97. The maximum atomic E-state index is 5.14. The van der Waals surface area contributed by atoms with Gasteiger partial charge in [0.15, 0.2) is 0 Å². The fraction of sp³-hybridized carbons (Fsp3) is 0.500. The van der Waals surface area contributed by atoms with Gasteiger partial charge in [-0.2, -0.15) is 0 Å². The van der Waals surface area contributed by atoms with Crippen LogP contribution in [0.1, 0.15) is 23.3 Å². The molecule has 1 N–H and O–H groups in total.